The molecule has 1 N–H and O–H groups in total. The molecule has 12 heavy (non-hydrogen) atoms. The van der Waals surface area contributed by atoms with Crippen LogP contribution in [0.2, 0.25) is 0 Å². The molecule has 1 rings (SSSR count). The van der Waals surface area contributed by atoms with Crippen molar-refractivity contribution in [2.75, 3.05) is 12.4 Å². The molecule has 3 nitrogen and oxygen atoms in total. The zero-order chi connectivity index (χ0) is 8.81. The van der Waals surface area contributed by atoms with Gasteiger partial charge in [-0.15, -0.1) is 0 Å². The molecule has 0 aliphatic carbocycles. The highest BCUT2D eigenvalue weighted by Gasteiger charge is 1.97. The van der Waals surface area contributed by atoms with Gasteiger partial charge in [-0.25, -0.2) is 0 Å². The number of rotatable bonds is 4. The van der Waals surface area contributed by atoms with Crippen LogP contribution in [-0.2, 0) is 0 Å². The predicted octanol–water partition coefficient (Wildman–Crippen LogP) is 0.910. The number of nitrogens with zero attached hydrogens (tertiary/aromatic N) is 1. The Hall–Kier alpha value is -0.900. The second-order valence-corrected chi connectivity index (χ2v) is 2.79. The van der Waals surface area contributed by atoms with Crippen molar-refractivity contribution in [2.45, 2.75) is 6.42 Å². The van der Waals surface area contributed by atoms with Crippen LogP contribution in [-0.4, -0.2) is 17.6 Å². The van der Waals surface area contributed by atoms with E-state index >= 15 is 0 Å². The molecule has 0 unspecified atom stereocenters. The molecule has 0 saturated carbocycles. The molecule has 0 fully saturated rings. The van der Waals surface area contributed by atoms with Crippen LogP contribution in [0.4, 0.5) is 0 Å². The number of thiol groups is 1. The topological polar surface area (TPSA) is 33.3 Å². The summed E-state index contributed by atoms with van der Waals surface area (Å²) in [6, 6.07) is 3.41. The molecule has 0 saturated heterocycles. The van der Waals surface area contributed by atoms with Crippen molar-refractivity contribution in [3.05, 3.63) is 24.5 Å². The molecule has 1 aromatic heterocycles. The van der Waals surface area contributed by atoms with E-state index in [4.69, 9.17) is 9.94 Å². The molecule has 1 heterocycles. The monoisotopic (exact) mass is 186 g/mol. The van der Waals surface area contributed by atoms with E-state index in [0.717, 1.165) is 22.7 Å². The smallest absolute Gasteiger partial charge is 0.225 e. The first-order chi connectivity index (χ1) is 5.83. The molecule has 0 bridgehead atoms. The maximum atomic E-state index is 8.88. The third-order valence-electron chi connectivity index (χ3n) is 1.35. The summed E-state index contributed by atoms with van der Waals surface area (Å²) in [4.78, 5) is 0. The Labute approximate surface area is 77.0 Å². The molecule has 66 valence electrons. The van der Waals surface area contributed by atoms with Gasteiger partial charge in [-0.3, -0.25) is 5.21 Å². The fraction of sp³-hybridized carbons (Fsp3) is 0.375. The first-order valence-corrected chi connectivity index (χ1v) is 4.40. The van der Waals surface area contributed by atoms with Crippen LogP contribution in [0.1, 0.15) is 6.42 Å². The van der Waals surface area contributed by atoms with Crippen LogP contribution < -0.4 is 9.47 Å². The van der Waals surface area contributed by atoms with Crippen LogP contribution in [0.25, 0.3) is 0 Å². The lowest BCUT2D eigenvalue weighted by Gasteiger charge is -2.01. The Balaban J connectivity index is 2.37. The second-order valence-electron chi connectivity index (χ2n) is 2.34. The summed E-state index contributed by atoms with van der Waals surface area (Å²) in [6.07, 6.45) is 3.98. The number of hydrogen-bond acceptors (Lipinski definition) is 3. The lowest BCUT2D eigenvalue weighted by atomic mass is 10.4. The van der Waals surface area contributed by atoms with E-state index < -0.39 is 0 Å². The Kier molecular flexibility index (Phi) is 3.73. The minimum Gasteiger partial charge on any atom is -0.493 e. The van der Waals surface area contributed by atoms with Crippen molar-refractivity contribution in [3.8, 4) is 5.75 Å². The van der Waals surface area contributed by atoms with E-state index in [1.807, 2.05) is 0 Å². The Morgan fingerprint density at radius 3 is 2.67 bits per heavy atom. The molecule has 0 amide bonds. The van der Waals surface area contributed by atoms with Gasteiger partial charge in [0, 0.05) is 16.9 Å². The van der Waals surface area contributed by atoms with Gasteiger partial charge in [0.2, 0.25) is 12.4 Å². The van der Waals surface area contributed by atoms with Crippen LogP contribution >= 0.6 is 12.6 Å². The summed E-state index contributed by atoms with van der Waals surface area (Å²) in [5.41, 5.74) is 0. The summed E-state index contributed by atoms with van der Waals surface area (Å²) in [5, 5.41) is 8.88. The van der Waals surface area contributed by atoms with Gasteiger partial charge in [-0.1, -0.05) is 0 Å². The summed E-state index contributed by atoms with van der Waals surface area (Å²) < 4.78 is 6.31. The van der Waals surface area contributed by atoms with E-state index in [9.17, 15) is 0 Å². The standard InChI is InChI=1S/C8H11NO2S/c10-9-4-2-8(3-5-9)11-6-1-7-12/h2-5H,1,6-7H2,(H-,10,12)/p+1. The van der Waals surface area contributed by atoms with Crippen LogP contribution in [0.15, 0.2) is 24.5 Å². The highest BCUT2D eigenvalue weighted by molar-refractivity contribution is 7.80. The first kappa shape index (κ1) is 9.19. The summed E-state index contributed by atoms with van der Waals surface area (Å²) in [5.74, 6) is 1.59. The molecule has 4 heteroatoms. The normalized spacial score (nSPS) is 9.75. The Bertz CT molecular complexity index is 225. The number of aromatic nitrogens is 1. The van der Waals surface area contributed by atoms with Gasteiger partial charge in [0.1, 0.15) is 5.75 Å². The number of pyridine rings is 1. The van der Waals surface area contributed by atoms with E-state index in [-0.39, 0.29) is 0 Å². The summed E-state index contributed by atoms with van der Waals surface area (Å²) in [7, 11) is 0. The molecular formula is C8H12NO2S+. The van der Waals surface area contributed by atoms with E-state index in [1.54, 1.807) is 12.1 Å². The van der Waals surface area contributed by atoms with Gasteiger partial charge >= 0.3 is 0 Å². The SMILES string of the molecule is O[n+]1ccc(OCCCS)cc1. The maximum Gasteiger partial charge on any atom is 0.225 e. The molecule has 0 spiro atoms. The van der Waals surface area contributed by atoms with Crippen LogP contribution in [0.5, 0.6) is 5.75 Å². The molecular weight excluding hydrogens is 174 g/mol. The average molecular weight is 186 g/mol. The van der Waals surface area contributed by atoms with E-state index in [1.165, 1.54) is 12.4 Å². The quantitative estimate of drug-likeness (QED) is 0.317. The first-order valence-electron chi connectivity index (χ1n) is 3.77. The molecule has 1 aromatic rings. The lowest BCUT2D eigenvalue weighted by molar-refractivity contribution is -0.904. The molecule has 0 radical (unpaired) electrons. The van der Waals surface area contributed by atoms with Crippen molar-refractivity contribution in [3.63, 3.8) is 0 Å². The highest BCUT2D eigenvalue weighted by atomic mass is 32.1. The minimum atomic E-state index is 0.666. The van der Waals surface area contributed by atoms with Crippen molar-refractivity contribution < 1.29 is 14.7 Å². The van der Waals surface area contributed by atoms with Gasteiger partial charge in [0.25, 0.3) is 0 Å². The Morgan fingerprint density at radius 2 is 2.08 bits per heavy atom. The number of ether oxygens (including phenoxy) is 1. The zero-order valence-electron chi connectivity index (χ0n) is 6.68. The minimum absolute atomic E-state index is 0.666. The van der Waals surface area contributed by atoms with Gasteiger partial charge in [0.15, 0.2) is 0 Å². The molecule has 0 aliphatic heterocycles. The third-order valence-corrected chi connectivity index (χ3v) is 1.67. The van der Waals surface area contributed by atoms with Gasteiger partial charge < -0.3 is 4.74 Å². The fourth-order valence-corrected chi connectivity index (χ4v) is 0.885. The van der Waals surface area contributed by atoms with Crippen LogP contribution in [0, 0.1) is 0 Å². The largest absolute Gasteiger partial charge is 0.493 e. The fourth-order valence-electron chi connectivity index (χ4n) is 0.756. The number of hydrogen-bond donors (Lipinski definition) is 2. The van der Waals surface area contributed by atoms with Crippen molar-refractivity contribution in [1.82, 2.24) is 0 Å². The van der Waals surface area contributed by atoms with E-state index in [0.29, 0.717) is 6.61 Å². The van der Waals surface area contributed by atoms with Gasteiger partial charge in [0.05, 0.1) is 6.61 Å². The average Bonchev–Trinajstić information content (AvgIpc) is 2.09. The zero-order valence-corrected chi connectivity index (χ0v) is 7.58. The summed E-state index contributed by atoms with van der Waals surface area (Å²) in [6.45, 7) is 0.666. The van der Waals surface area contributed by atoms with Gasteiger partial charge in [-0.05, 0) is 12.2 Å². The van der Waals surface area contributed by atoms with Crippen molar-refractivity contribution in [2.24, 2.45) is 0 Å². The second kappa shape index (κ2) is 4.87. The molecule has 0 aromatic carbocycles. The highest BCUT2D eigenvalue weighted by Crippen LogP contribution is 2.05. The summed E-state index contributed by atoms with van der Waals surface area (Å²) >= 11 is 4.06. The van der Waals surface area contributed by atoms with Crippen molar-refractivity contribution >= 4 is 12.6 Å². The molecule has 0 atom stereocenters. The lowest BCUT2D eigenvalue weighted by Crippen LogP contribution is -2.27. The van der Waals surface area contributed by atoms with Crippen molar-refractivity contribution in [1.29, 1.82) is 0 Å². The van der Waals surface area contributed by atoms with Crippen LogP contribution in [0.3, 0.4) is 0 Å². The third kappa shape index (κ3) is 3.00. The van der Waals surface area contributed by atoms with Gasteiger partial charge in [-0.2, -0.15) is 12.6 Å². The molecule has 0 aliphatic rings. The maximum absolute atomic E-state index is 8.88. The predicted molar refractivity (Wildman–Crippen MR) is 47.8 cm³/mol. The van der Waals surface area contributed by atoms with E-state index in [2.05, 4.69) is 12.6 Å². The Morgan fingerprint density at radius 1 is 1.42 bits per heavy atom.